The highest BCUT2D eigenvalue weighted by Gasteiger charge is 2.12. The Morgan fingerprint density at radius 1 is 1.04 bits per heavy atom. The molecule has 0 radical (unpaired) electrons. The Morgan fingerprint density at radius 2 is 1.89 bits per heavy atom. The highest BCUT2D eigenvalue weighted by molar-refractivity contribution is 6.04. The molecule has 2 heterocycles. The van der Waals surface area contributed by atoms with Crippen molar-refractivity contribution in [2.75, 3.05) is 18.4 Å². The summed E-state index contributed by atoms with van der Waals surface area (Å²) in [4.78, 5) is 15.2. The molecule has 1 amide bonds. The smallest absolute Gasteiger partial charge is 0.255 e. The minimum atomic E-state index is -0.0859. The minimum absolute atomic E-state index is 0.0859. The standard InChI is InChI=1S/C22H24N4O/c27-22(24-20-9-5-7-18(15-20)21-10-11-23-25-21)19-8-4-6-17(14-19)16-26-12-2-1-3-13-26/h4-11,14-15H,1-3,12-13,16H2,(H,23,25)(H,24,27). The lowest BCUT2D eigenvalue weighted by molar-refractivity contribution is 0.102. The lowest BCUT2D eigenvalue weighted by Crippen LogP contribution is -2.29. The van der Waals surface area contributed by atoms with Crippen LogP contribution in [0.5, 0.6) is 0 Å². The van der Waals surface area contributed by atoms with Crippen LogP contribution in [-0.4, -0.2) is 34.1 Å². The average molecular weight is 360 g/mol. The molecule has 138 valence electrons. The van der Waals surface area contributed by atoms with Crippen LogP contribution in [0, 0.1) is 0 Å². The fraction of sp³-hybridized carbons (Fsp3) is 0.273. The maximum Gasteiger partial charge on any atom is 0.255 e. The Bertz CT molecular complexity index is 898. The zero-order chi connectivity index (χ0) is 18.5. The average Bonchev–Trinajstić information content (AvgIpc) is 3.24. The number of hydrogen-bond donors (Lipinski definition) is 2. The van der Waals surface area contributed by atoms with Crippen molar-refractivity contribution in [3.8, 4) is 11.3 Å². The third-order valence-corrected chi connectivity index (χ3v) is 4.98. The van der Waals surface area contributed by atoms with Crippen molar-refractivity contribution < 1.29 is 4.79 Å². The van der Waals surface area contributed by atoms with E-state index in [2.05, 4.69) is 26.5 Å². The maximum atomic E-state index is 12.7. The van der Waals surface area contributed by atoms with Gasteiger partial charge in [-0.25, -0.2) is 0 Å². The molecule has 27 heavy (non-hydrogen) atoms. The van der Waals surface area contributed by atoms with Gasteiger partial charge in [0.25, 0.3) is 5.91 Å². The van der Waals surface area contributed by atoms with Gasteiger partial charge in [0.05, 0.1) is 5.69 Å². The van der Waals surface area contributed by atoms with Crippen LogP contribution in [0.2, 0.25) is 0 Å². The molecular weight excluding hydrogens is 336 g/mol. The number of carbonyl (C=O) groups is 1. The molecule has 2 aromatic carbocycles. The van der Waals surface area contributed by atoms with Gasteiger partial charge in [0.2, 0.25) is 0 Å². The van der Waals surface area contributed by atoms with Crippen molar-refractivity contribution in [3.63, 3.8) is 0 Å². The van der Waals surface area contributed by atoms with Crippen LogP contribution in [0.1, 0.15) is 35.2 Å². The predicted molar refractivity (Wildman–Crippen MR) is 108 cm³/mol. The summed E-state index contributed by atoms with van der Waals surface area (Å²) in [5.74, 6) is -0.0859. The lowest BCUT2D eigenvalue weighted by Gasteiger charge is -2.26. The Labute approximate surface area is 159 Å². The van der Waals surface area contributed by atoms with Gasteiger partial charge in [0.1, 0.15) is 0 Å². The van der Waals surface area contributed by atoms with E-state index in [0.29, 0.717) is 5.56 Å². The number of nitrogens with one attached hydrogen (secondary N) is 2. The zero-order valence-corrected chi connectivity index (χ0v) is 15.3. The molecule has 3 aromatic rings. The summed E-state index contributed by atoms with van der Waals surface area (Å²) in [5, 5.41) is 9.93. The number of hydrogen-bond acceptors (Lipinski definition) is 3. The van der Waals surface area contributed by atoms with Crippen LogP contribution in [0.15, 0.2) is 60.8 Å². The largest absolute Gasteiger partial charge is 0.322 e. The summed E-state index contributed by atoms with van der Waals surface area (Å²) in [6, 6.07) is 17.6. The molecule has 1 fully saturated rings. The van der Waals surface area contributed by atoms with Crippen LogP contribution in [-0.2, 0) is 6.54 Å². The summed E-state index contributed by atoms with van der Waals surface area (Å²) < 4.78 is 0. The van der Waals surface area contributed by atoms with Crippen molar-refractivity contribution in [1.82, 2.24) is 15.1 Å². The van der Waals surface area contributed by atoms with Gasteiger partial charge in [-0.15, -0.1) is 0 Å². The van der Waals surface area contributed by atoms with Crippen molar-refractivity contribution in [3.05, 3.63) is 71.9 Å². The first-order valence-corrected chi connectivity index (χ1v) is 9.50. The molecule has 1 saturated heterocycles. The molecule has 0 unspecified atom stereocenters. The number of benzene rings is 2. The van der Waals surface area contributed by atoms with E-state index in [4.69, 9.17) is 0 Å². The van der Waals surface area contributed by atoms with E-state index in [1.54, 1.807) is 6.20 Å². The Kier molecular flexibility index (Phi) is 5.30. The number of piperidine rings is 1. The molecule has 0 aliphatic carbocycles. The predicted octanol–water partition coefficient (Wildman–Crippen LogP) is 4.31. The Morgan fingerprint density at radius 3 is 2.70 bits per heavy atom. The number of aromatic amines is 1. The van der Waals surface area contributed by atoms with Crippen LogP contribution >= 0.6 is 0 Å². The number of likely N-dealkylation sites (tertiary alicyclic amines) is 1. The fourth-order valence-electron chi connectivity index (χ4n) is 3.57. The lowest BCUT2D eigenvalue weighted by atomic mass is 10.1. The molecule has 1 aliphatic heterocycles. The van der Waals surface area contributed by atoms with Gasteiger partial charge in [0, 0.05) is 29.6 Å². The number of amides is 1. The second-order valence-corrected chi connectivity index (χ2v) is 7.04. The normalized spacial score (nSPS) is 14.8. The number of nitrogens with zero attached hydrogens (tertiary/aromatic N) is 2. The maximum absolute atomic E-state index is 12.7. The minimum Gasteiger partial charge on any atom is -0.322 e. The molecule has 0 saturated carbocycles. The second kappa shape index (κ2) is 8.18. The molecular formula is C22H24N4O. The van der Waals surface area contributed by atoms with E-state index in [-0.39, 0.29) is 5.91 Å². The molecule has 1 aliphatic rings. The van der Waals surface area contributed by atoms with Crippen LogP contribution in [0.25, 0.3) is 11.3 Å². The molecule has 0 spiro atoms. The number of rotatable bonds is 5. The van der Waals surface area contributed by atoms with Crippen LogP contribution in [0.4, 0.5) is 5.69 Å². The van der Waals surface area contributed by atoms with Gasteiger partial charge < -0.3 is 5.32 Å². The van der Waals surface area contributed by atoms with Crippen molar-refractivity contribution in [2.45, 2.75) is 25.8 Å². The summed E-state index contributed by atoms with van der Waals surface area (Å²) in [7, 11) is 0. The fourth-order valence-corrected chi connectivity index (χ4v) is 3.57. The quantitative estimate of drug-likeness (QED) is 0.712. The van der Waals surface area contributed by atoms with Crippen molar-refractivity contribution in [1.29, 1.82) is 0 Å². The van der Waals surface area contributed by atoms with E-state index in [0.717, 1.165) is 36.6 Å². The number of H-pyrrole nitrogens is 1. The van der Waals surface area contributed by atoms with Crippen LogP contribution < -0.4 is 5.32 Å². The topological polar surface area (TPSA) is 61.0 Å². The third kappa shape index (κ3) is 4.44. The molecule has 5 nitrogen and oxygen atoms in total. The second-order valence-electron chi connectivity index (χ2n) is 7.04. The molecule has 0 bridgehead atoms. The van der Waals surface area contributed by atoms with E-state index < -0.39 is 0 Å². The van der Waals surface area contributed by atoms with Gasteiger partial charge in [0.15, 0.2) is 0 Å². The van der Waals surface area contributed by atoms with E-state index in [1.807, 2.05) is 48.5 Å². The highest BCUT2D eigenvalue weighted by Crippen LogP contribution is 2.21. The molecule has 0 atom stereocenters. The van der Waals surface area contributed by atoms with E-state index in [9.17, 15) is 4.79 Å². The Balaban J connectivity index is 1.45. The molecule has 1 aromatic heterocycles. The molecule has 4 rings (SSSR count). The number of aromatic nitrogens is 2. The SMILES string of the molecule is O=C(Nc1cccc(-c2ccn[nH]2)c1)c1cccc(CN2CCCCC2)c1. The first kappa shape index (κ1) is 17.5. The first-order valence-electron chi connectivity index (χ1n) is 9.50. The Hall–Kier alpha value is -2.92. The van der Waals surface area contributed by atoms with Gasteiger partial charge in [-0.2, -0.15) is 5.10 Å². The van der Waals surface area contributed by atoms with Crippen molar-refractivity contribution >= 4 is 11.6 Å². The monoisotopic (exact) mass is 360 g/mol. The third-order valence-electron chi connectivity index (χ3n) is 4.98. The van der Waals surface area contributed by atoms with Gasteiger partial charge in [-0.1, -0.05) is 30.7 Å². The number of anilines is 1. The highest BCUT2D eigenvalue weighted by atomic mass is 16.1. The summed E-state index contributed by atoms with van der Waals surface area (Å²) in [6.45, 7) is 3.21. The van der Waals surface area contributed by atoms with Crippen LogP contribution in [0.3, 0.4) is 0 Å². The van der Waals surface area contributed by atoms with E-state index in [1.165, 1.54) is 24.8 Å². The summed E-state index contributed by atoms with van der Waals surface area (Å²) in [6.07, 6.45) is 5.59. The summed E-state index contributed by atoms with van der Waals surface area (Å²) in [5.41, 5.74) is 4.57. The van der Waals surface area contributed by atoms with Gasteiger partial charge >= 0.3 is 0 Å². The summed E-state index contributed by atoms with van der Waals surface area (Å²) >= 11 is 0. The zero-order valence-electron chi connectivity index (χ0n) is 15.3. The first-order chi connectivity index (χ1) is 13.3. The number of carbonyl (C=O) groups excluding carboxylic acids is 1. The van der Waals surface area contributed by atoms with Crippen molar-refractivity contribution in [2.24, 2.45) is 0 Å². The molecule has 2 N–H and O–H groups in total. The van der Waals surface area contributed by atoms with E-state index >= 15 is 0 Å². The molecule has 5 heteroatoms. The van der Waals surface area contributed by atoms with Gasteiger partial charge in [-0.05, 0) is 61.8 Å². The van der Waals surface area contributed by atoms with Gasteiger partial charge in [-0.3, -0.25) is 14.8 Å².